The third-order valence-corrected chi connectivity index (χ3v) is 7.17. The van der Waals surface area contributed by atoms with Crippen molar-refractivity contribution in [3.05, 3.63) is 29.8 Å². The molecule has 0 fully saturated rings. The molecule has 25 heavy (non-hydrogen) atoms. The Labute approximate surface area is 155 Å². The molecule has 0 saturated carbocycles. The predicted octanol–water partition coefficient (Wildman–Crippen LogP) is 5.57. The number of hydrogen-bond donors (Lipinski definition) is 0. The lowest BCUT2D eigenvalue weighted by Crippen LogP contribution is -2.30. The molecule has 0 aliphatic rings. The molecule has 0 amide bonds. The summed E-state index contributed by atoms with van der Waals surface area (Å²) in [6.45, 7) is 8.29. The van der Waals surface area contributed by atoms with Crippen molar-refractivity contribution in [1.29, 1.82) is 0 Å². The highest BCUT2D eigenvalue weighted by Crippen LogP contribution is 2.19. The van der Waals surface area contributed by atoms with Gasteiger partial charge in [0.1, 0.15) is 5.75 Å². The van der Waals surface area contributed by atoms with Crippen LogP contribution in [0.25, 0.3) is 0 Å². The average molecular weight is 369 g/mol. The molecule has 0 aliphatic heterocycles. The van der Waals surface area contributed by atoms with Crippen LogP contribution in [0.15, 0.2) is 24.3 Å². The van der Waals surface area contributed by atoms with Gasteiger partial charge in [0.2, 0.25) is 0 Å². The average Bonchev–Trinajstić information content (AvgIpc) is 2.53. The first-order valence-electron chi connectivity index (χ1n) is 9.70. The largest absolute Gasteiger partial charge is 0.494 e. The number of unbranched alkanes of at least 4 members (excludes halogenated alkanes) is 5. The monoisotopic (exact) mass is 368 g/mol. The quantitative estimate of drug-likeness (QED) is 0.453. The highest BCUT2D eigenvalue weighted by atomic mass is 32.2. The van der Waals surface area contributed by atoms with Gasteiger partial charge >= 0.3 is 0 Å². The fourth-order valence-corrected chi connectivity index (χ4v) is 3.78. The van der Waals surface area contributed by atoms with Crippen LogP contribution < -0.4 is 4.74 Å². The Morgan fingerprint density at radius 2 is 1.64 bits per heavy atom. The minimum atomic E-state index is -2.96. The zero-order valence-electron chi connectivity index (χ0n) is 16.5. The van der Waals surface area contributed by atoms with E-state index in [9.17, 15) is 8.42 Å². The van der Waals surface area contributed by atoms with Gasteiger partial charge in [0.05, 0.1) is 17.1 Å². The van der Waals surface area contributed by atoms with E-state index in [1.54, 1.807) is 20.8 Å². The molecule has 0 aromatic heterocycles. The van der Waals surface area contributed by atoms with Crippen LogP contribution in [0.5, 0.6) is 5.75 Å². The molecule has 0 atom stereocenters. The van der Waals surface area contributed by atoms with Gasteiger partial charge in [0.15, 0.2) is 9.84 Å². The van der Waals surface area contributed by atoms with Crippen molar-refractivity contribution in [2.45, 2.75) is 83.8 Å². The second-order valence-corrected chi connectivity index (χ2v) is 10.7. The van der Waals surface area contributed by atoms with Crippen molar-refractivity contribution in [3.63, 3.8) is 0 Å². The van der Waals surface area contributed by atoms with E-state index in [0.29, 0.717) is 5.75 Å². The van der Waals surface area contributed by atoms with Gasteiger partial charge in [-0.15, -0.1) is 0 Å². The summed E-state index contributed by atoms with van der Waals surface area (Å²) in [6.07, 6.45) is 8.47. The van der Waals surface area contributed by atoms with Crippen LogP contribution in [0, 0.1) is 0 Å². The Kier molecular flexibility index (Phi) is 9.55. The van der Waals surface area contributed by atoms with Crippen LogP contribution in [0.1, 0.15) is 78.2 Å². The van der Waals surface area contributed by atoms with Crippen molar-refractivity contribution in [3.8, 4) is 5.75 Å². The Morgan fingerprint density at radius 3 is 2.32 bits per heavy atom. The van der Waals surface area contributed by atoms with E-state index in [0.717, 1.165) is 63.7 Å². The lowest BCUT2D eigenvalue weighted by atomic mass is 10.1. The van der Waals surface area contributed by atoms with Crippen LogP contribution >= 0.6 is 0 Å². The van der Waals surface area contributed by atoms with Crippen LogP contribution in [-0.2, 0) is 16.3 Å². The van der Waals surface area contributed by atoms with Gasteiger partial charge in [-0.3, -0.25) is 0 Å². The van der Waals surface area contributed by atoms with Crippen LogP contribution in [0.2, 0.25) is 0 Å². The topological polar surface area (TPSA) is 43.4 Å². The van der Waals surface area contributed by atoms with Gasteiger partial charge in [0.25, 0.3) is 0 Å². The lowest BCUT2D eigenvalue weighted by molar-refractivity contribution is 0.309. The fourth-order valence-electron chi connectivity index (χ4n) is 2.58. The van der Waals surface area contributed by atoms with Crippen molar-refractivity contribution < 1.29 is 13.2 Å². The molecule has 1 aromatic rings. The van der Waals surface area contributed by atoms with Crippen molar-refractivity contribution in [2.75, 3.05) is 12.4 Å². The first kappa shape index (κ1) is 22.0. The smallest absolute Gasteiger partial charge is 0.155 e. The van der Waals surface area contributed by atoms with Gasteiger partial charge in [-0.1, -0.05) is 44.7 Å². The second kappa shape index (κ2) is 10.8. The number of aryl methyl sites for hydroxylation is 1. The molecule has 0 unspecified atom stereocenters. The van der Waals surface area contributed by atoms with Crippen molar-refractivity contribution >= 4 is 9.84 Å². The van der Waals surface area contributed by atoms with E-state index >= 15 is 0 Å². The molecule has 0 radical (unpaired) electrons. The van der Waals surface area contributed by atoms with E-state index in [1.807, 2.05) is 6.07 Å². The molecular formula is C21H36O3S. The number of benzene rings is 1. The predicted molar refractivity (Wildman–Crippen MR) is 107 cm³/mol. The molecule has 4 heteroatoms. The summed E-state index contributed by atoms with van der Waals surface area (Å²) in [6, 6.07) is 8.39. The summed E-state index contributed by atoms with van der Waals surface area (Å²) in [5.74, 6) is 1.28. The highest BCUT2D eigenvalue weighted by Gasteiger charge is 2.27. The van der Waals surface area contributed by atoms with Gasteiger partial charge in [-0.2, -0.15) is 0 Å². The van der Waals surface area contributed by atoms with Gasteiger partial charge in [-0.25, -0.2) is 8.42 Å². The Balaban J connectivity index is 2.19. The maximum absolute atomic E-state index is 12.0. The molecule has 0 N–H and O–H groups in total. The van der Waals surface area contributed by atoms with Crippen LogP contribution in [0.3, 0.4) is 0 Å². The van der Waals surface area contributed by atoms with Crippen LogP contribution in [-0.4, -0.2) is 25.5 Å². The zero-order chi connectivity index (χ0) is 18.8. The maximum Gasteiger partial charge on any atom is 0.155 e. The third-order valence-electron chi connectivity index (χ3n) is 4.48. The molecule has 144 valence electrons. The van der Waals surface area contributed by atoms with Crippen molar-refractivity contribution in [2.24, 2.45) is 0 Å². The van der Waals surface area contributed by atoms with E-state index < -0.39 is 14.6 Å². The molecule has 0 aliphatic carbocycles. The van der Waals surface area contributed by atoms with Gasteiger partial charge < -0.3 is 4.74 Å². The minimum absolute atomic E-state index is 0.313. The standard InChI is InChI=1S/C21H36O3S/c1-5-6-16-24-20-15-12-14-19(18-20)13-10-8-7-9-11-17-25(22,23)21(2,3)4/h12,14-15,18H,5-11,13,16-17H2,1-4H3. The molecule has 1 rings (SSSR count). The maximum atomic E-state index is 12.0. The summed E-state index contributed by atoms with van der Waals surface area (Å²) in [4.78, 5) is 0. The van der Waals surface area contributed by atoms with E-state index in [1.165, 1.54) is 5.56 Å². The first-order chi connectivity index (χ1) is 11.8. The molecule has 0 heterocycles. The van der Waals surface area contributed by atoms with Gasteiger partial charge in [0, 0.05) is 0 Å². The molecule has 0 spiro atoms. The zero-order valence-corrected chi connectivity index (χ0v) is 17.3. The Hall–Kier alpha value is -1.03. The fraction of sp³-hybridized carbons (Fsp3) is 0.714. The number of hydrogen-bond acceptors (Lipinski definition) is 3. The molecule has 0 saturated heterocycles. The highest BCUT2D eigenvalue weighted by molar-refractivity contribution is 7.92. The summed E-state index contributed by atoms with van der Waals surface area (Å²) in [5.41, 5.74) is 1.32. The summed E-state index contributed by atoms with van der Waals surface area (Å²) in [7, 11) is -2.96. The summed E-state index contributed by atoms with van der Waals surface area (Å²) >= 11 is 0. The van der Waals surface area contributed by atoms with E-state index in [-0.39, 0.29) is 0 Å². The molecule has 0 bridgehead atoms. The molecule has 1 aromatic carbocycles. The number of sulfone groups is 1. The first-order valence-corrected chi connectivity index (χ1v) is 11.4. The summed E-state index contributed by atoms with van der Waals surface area (Å²) < 4.78 is 29.2. The molecular weight excluding hydrogens is 332 g/mol. The van der Waals surface area contributed by atoms with Gasteiger partial charge in [-0.05, 0) is 64.2 Å². The number of ether oxygens (including phenoxy) is 1. The van der Waals surface area contributed by atoms with E-state index in [2.05, 4.69) is 25.1 Å². The minimum Gasteiger partial charge on any atom is -0.494 e. The SMILES string of the molecule is CCCCOc1cccc(CCCCCCCS(=O)(=O)C(C)(C)C)c1. The Morgan fingerprint density at radius 1 is 0.960 bits per heavy atom. The summed E-state index contributed by atoms with van der Waals surface area (Å²) in [5, 5.41) is 0. The Bertz CT molecular complexity index is 585. The van der Waals surface area contributed by atoms with Crippen molar-refractivity contribution in [1.82, 2.24) is 0 Å². The van der Waals surface area contributed by atoms with E-state index in [4.69, 9.17) is 4.74 Å². The third kappa shape index (κ3) is 8.75. The normalized spacial score (nSPS) is 12.3. The molecule has 3 nitrogen and oxygen atoms in total. The lowest BCUT2D eigenvalue weighted by Gasteiger charge is -2.18. The number of rotatable bonds is 12. The van der Waals surface area contributed by atoms with Crippen LogP contribution in [0.4, 0.5) is 0 Å². The second-order valence-electron chi connectivity index (χ2n) is 7.80.